The highest BCUT2D eigenvalue weighted by Crippen LogP contribution is 2.14. The Hall–Kier alpha value is -2.09. The van der Waals surface area contributed by atoms with Crippen LogP contribution >= 0.6 is 0 Å². The maximum atomic E-state index is 12.1. The quantitative estimate of drug-likeness (QED) is 0.842. The van der Waals surface area contributed by atoms with E-state index < -0.39 is 0 Å². The number of amides is 1. The van der Waals surface area contributed by atoms with E-state index in [-0.39, 0.29) is 11.9 Å². The summed E-state index contributed by atoms with van der Waals surface area (Å²) in [6.45, 7) is 6.25. The number of carbonyl (C=O) groups excluding carboxylic acids is 1. The van der Waals surface area contributed by atoms with Gasteiger partial charge >= 0.3 is 0 Å². The average molecular weight is 295 g/mol. The van der Waals surface area contributed by atoms with Gasteiger partial charge in [0.1, 0.15) is 0 Å². The minimum Gasteiger partial charge on any atom is -0.350 e. The summed E-state index contributed by atoms with van der Waals surface area (Å²) in [6, 6.07) is 16.9. The van der Waals surface area contributed by atoms with Crippen molar-refractivity contribution in [2.75, 3.05) is 0 Å². The first-order valence-electron chi connectivity index (χ1n) is 8.02. The van der Waals surface area contributed by atoms with Gasteiger partial charge in [0.05, 0.1) is 6.04 Å². The van der Waals surface area contributed by atoms with Crippen molar-refractivity contribution in [3.8, 4) is 0 Å². The van der Waals surface area contributed by atoms with Crippen LogP contribution in [0.15, 0.2) is 48.5 Å². The van der Waals surface area contributed by atoms with Gasteiger partial charge in [0, 0.05) is 6.42 Å². The van der Waals surface area contributed by atoms with Crippen molar-refractivity contribution in [1.29, 1.82) is 0 Å². The number of benzene rings is 2. The second-order valence-corrected chi connectivity index (χ2v) is 5.87. The van der Waals surface area contributed by atoms with E-state index in [0.717, 1.165) is 18.4 Å². The molecule has 1 amide bonds. The Labute approximate surface area is 133 Å². The average Bonchev–Trinajstić information content (AvgIpc) is 2.54. The first-order valence-corrected chi connectivity index (χ1v) is 8.02. The number of nitrogens with one attached hydrogen (secondary N) is 1. The van der Waals surface area contributed by atoms with Crippen molar-refractivity contribution >= 4 is 5.91 Å². The molecule has 0 aliphatic carbocycles. The van der Waals surface area contributed by atoms with Gasteiger partial charge in [-0.05, 0) is 43.4 Å². The Bertz CT molecular complexity index is 599. The fraction of sp³-hybridized carbons (Fsp3) is 0.350. The highest BCUT2D eigenvalue weighted by Gasteiger charge is 2.09. The van der Waals surface area contributed by atoms with Gasteiger partial charge in [-0.15, -0.1) is 0 Å². The fourth-order valence-corrected chi connectivity index (χ4v) is 2.45. The lowest BCUT2D eigenvalue weighted by atomic mass is 10.0. The molecule has 116 valence electrons. The zero-order chi connectivity index (χ0) is 15.9. The second kappa shape index (κ2) is 7.79. The molecule has 2 aromatic carbocycles. The van der Waals surface area contributed by atoms with Gasteiger partial charge in [-0.25, -0.2) is 0 Å². The number of hydrogen-bond acceptors (Lipinski definition) is 1. The van der Waals surface area contributed by atoms with Crippen LogP contribution in [0.5, 0.6) is 0 Å². The molecule has 1 N–H and O–H groups in total. The molecule has 2 nitrogen and oxygen atoms in total. The maximum absolute atomic E-state index is 12.1. The van der Waals surface area contributed by atoms with E-state index in [1.807, 2.05) is 6.92 Å². The van der Waals surface area contributed by atoms with Gasteiger partial charge in [-0.3, -0.25) is 4.79 Å². The first kappa shape index (κ1) is 16.3. The third-order valence-corrected chi connectivity index (χ3v) is 4.03. The predicted octanol–water partition coefficient (Wildman–Crippen LogP) is 4.37. The number of carbonyl (C=O) groups is 1. The Balaban J connectivity index is 1.83. The molecule has 0 spiro atoms. The van der Waals surface area contributed by atoms with E-state index in [1.165, 1.54) is 16.7 Å². The van der Waals surface area contributed by atoms with Crippen LogP contribution in [-0.2, 0) is 17.6 Å². The molecule has 0 aliphatic rings. The standard InChI is InChI=1S/C20H25NO/c1-4-17-9-12-19(13-10-17)16(3)21-20(22)14-11-18-7-5-15(2)6-8-18/h5-10,12-13,16H,4,11,14H2,1-3H3,(H,21,22)/t16-/m0/s1. The van der Waals surface area contributed by atoms with Crippen molar-refractivity contribution in [3.63, 3.8) is 0 Å². The molecule has 2 rings (SSSR count). The summed E-state index contributed by atoms with van der Waals surface area (Å²) in [4.78, 5) is 12.1. The zero-order valence-electron chi connectivity index (χ0n) is 13.7. The van der Waals surface area contributed by atoms with Crippen LogP contribution in [0.1, 0.15) is 48.6 Å². The summed E-state index contributed by atoms with van der Waals surface area (Å²) in [7, 11) is 0. The van der Waals surface area contributed by atoms with Crippen LogP contribution in [0.4, 0.5) is 0 Å². The van der Waals surface area contributed by atoms with Crippen LogP contribution in [0.3, 0.4) is 0 Å². The monoisotopic (exact) mass is 295 g/mol. The highest BCUT2D eigenvalue weighted by atomic mass is 16.1. The Morgan fingerprint density at radius 1 is 1.00 bits per heavy atom. The molecule has 0 saturated carbocycles. The lowest BCUT2D eigenvalue weighted by molar-refractivity contribution is -0.121. The van der Waals surface area contributed by atoms with E-state index >= 15 is 0 Å². The molecule has 1 atom stereocenters. The zero-order valence-corrected chi connectivity index (χ0v) is 13.7. The van der Waals surface area contributed by atoms with Crippen molar-refractivity contribution in [1.82, 2.24) is 5.32 Å². The van der Waals surface area contributed by atoms with E-state index in [1.54, 1.807) is 0 Å². The Morgan fingerprint density at radius 2 is 1.59 bits per heavy atom. The molecule has 2 heteroatoms. The van der Waals surface area contributed by atoms with Gasteiger partial charge < -0.3 is 5.32 Å². The van der Waals surface area contributed by atoms with Crippen molar-refractivity contribution in [3.05, 3.63) is 70.8 Å². The molecular formula is C20H25NO. The van der Waals surface area contributed by atoms with Gasteiger partial charge in [0.25, 0.3) is 0 Å². The van der Waals surface area contributed by atoms with Crippen molar-refractivity contribution < 1.29 is 4.79 Å². The molecule has 0 aliphatic heterocycles. The van der Waals surface area contributed by atoms with Crippen LogP contribution in [-0.4, -0.2) is 5.91 Å². The molecule has 22 heavy (non-hydrogen) atoms. The summed E-state index contributed by atoms with van der Waals surface area (Å²) in [5.41, 5.74) is 4.93. The normalized spacial score (nSPS) is 12.0. The molecule has 2 aromatic rings. The maximum Gasteiger partial charge on any atom is 0.220 e. The Morgan fingerprint density at radius 3 is 2.18 bits per heavy atom. The largest absolute Gasteiger partial charge is 0.350 e. The van der Waals surface area contributed by atoms with E-state index in [2.05, 4.69) is 67.7 Å². The molecule has 0 saturated heterocycles. The molecule has 0 bridgehead atoms. The lowest BCUT2D eigenvalue weighted by Gasteiger charge is -2.15. The van der Waals surface area contributed by atoms with Crippen LogP contribution in [0.2, 0.25) is 0 Å². The van der Waals surface area contributed by atoms with Gasteiger partial charge in [0.15, 0.2) is 0 Å². The molecule has 0 radical (unpaired) electrons. The molecule has 0 aromatic heterocycles. The SMILES string of the molecule is CCc1ccc([C@H](C)NC(=O)CCc2ccc(C)cc2)cc1. The van der Waals surface area contributed by atoms with Gasteiger partial charge in [-0.2, -0.15) is 0 Å². The van der Waals surface area contributed by atoms with E-state index in [0.29, 0.717) is 6.42 Å². The van der Waals surface area contributed by atoms with Gasteiger partial charge in [-0.1, -0.05) is 61.0 Å². The third kappa shape index (κ3) is 4.73. The number of hydrogen-bond donors (Lipinski definition) is 1. The molecule has 0 heterocycles. The topological polar surface area (TPSA) is 29.1 Å². The fourth-order valence-electron chi connectivity index (χ4n) is 2.45. The summed E-state index contributed by atoms with van der Waals surface area (Å²) >= 11 is 0. The lowest BCUT2D eigenvalue weighted by Crippen LogP contribution is -2.26. The highest BCUT2D eigenvalue weighted by molar-refractivity contribution is 5.76. The summed E-state index contributed by atoms with van der Waals surface area (Å²) < 4.78 is 0. The second-order valence-electron chi connectivity index (χ2n) is 5.87. The predicted molar refractivity (Wildman–Crippen MR) is 91.9 cm³/mol. The van der Waals surface area contributed by atoms with Crippen LogP contribution in [0.25, 0.3) is 0 Å². The van der Waals surface area contributed by atoms with Crippen LogP contribution in [0, 0.1) is 6.92 Å². The van der Waals surface area contributed by atoms with Gasteiger partial charge in [0.2, 0.25) is 5.91 Å². The molecule has 0 fully saturated rings. The Kier molecular flexibility index (Phi) is 5.76. The minimum atomic E-state index is 0.0522. The number of aryl methyl sites for hydroxylation is 3. The summed E-state index contributed by atoms with van der Waals surface area (Å²) in [5.74, 6) is 0.104. The minimum absolute atomic E-state index is 0.0522. The molecule has 0 unspecified atom stereocenters. The number of rotatable bonds is 6. The smallest absolute Gasteiger partial charge is 0.220 e. The molecular weight excluding hydrogens is 270 g/mol. The first-order chi connectivity index (χ1) is 10.6. The summed E-state index contributed by atoms with van der Waals surface area (Å²) in [6.07, 6.45) is 2.35. The third-order valence-electron chi connectivity index (χ3n) is 4.03. The van der Waals surface area contributed by atoms with E-state index in [9.17, 15) is 4.79 Å². The van der Waals surface area contributed by atoms with E-state index in [4.69, 9.17) is 0 Å². The van der Waals surface area contributed by atoms with Crippen molar-refractivity contribution in [2.45, 2.75) is 46.1 Å². The summed E-state index contributed by atoms with van der Waals surface area (Å²) in [5, 5.41) is 3.08. The van der Waals surface area contributed by atoms with Crippen molar-refractivity contribution in [2.24, 2.45) is 0 Å². The van der Waals surface area contributed by atoms with Crippen LogP contribution < -0.4 is 5.32 Å².